The fraction of sp³-hybridized carbons (Fsp3) is 0.583. The van der Waals surface area contributed by atoms with Gasteiger partial charge in [0.15, 0.2) is 0 Å². The second-order valence-electron chi connectivity index (χ2n) is 4.11. The number of pyridine rings is 1. The first-order valence-electron chi connectivity index (χ1n) is 5.56. The number of hydrogen-bond donors (Lipinski definition) is 1. The van der Waals surface area contributed by atoms with Crippen LogP contribution in [0.3, 0.4) is 0 Å². The number of nitrogens with one attached hydrogen (secondary N) is 1. The van der Waals surface area contributed by atoms with Crippen molar-refractivity contribution in [1.29, 1.82) is 0 Å². The fourth-order valence-electron chi connectivity index (χ4n) is 1.63. The first-order chi connectivity index (χ1) is 8.10. The van der Waals surface area contributed by atoms with Crippen molar-refractivity contribution in [3.05, 3.63) is 12.3 Å². The number of methoxy groups -OCH3 is 2. The average molecular weight is 239 g/mol. The van der Waals surface area contributed by atoms with E-state index in [2.05, 4.69) is 17.2 Å². The molecule has 5 nitrogen and oxygen atoms in total. The maximum Gasteiger partial charge on any atom is 0.239 e. The van der Waals surface area contributed by atoms with E-state index >= 15 is 0 Å². The van der Waals surface area contributed by atoms with Gasteiger partial charge in [0.2, 0.25) is 5.88 Å². The summed E-state index contributed by atoms with van der Waals surface area (Å²) in [7, 11) is 7.28. The lowest BCUT2D eigenvalue weighted by Gasteiger charge is -2.22. The van der Waals surface area contributed by atoms with Crippen molar-refractivity contribution in [2.75, 3.05) is 45.1 Å². The van der Waals surface area contributed by atoms with E-state index in [-0.39, 0.29) is 6.04 Å². The van der Waals surface area contributed by atoms with Crippen LogP contribution in [0.2, 0.25) is 0 Å². The van der Waals surface area contributed by atoms with Gasteiger partial charge in [0.25, 0.3) is 0 Å². The lowest BCUT2D eigenvalue weighted by atomic mass is 10.2. The fourth-order valence-corrected chi connectivity index (χ4v) is 1.63. The monoisotopic (exact) mass is 239 g/mol. The van der Waals surface area contributed by atoms with E-state index < -0.39 is 0 Å². The Balaban J connectivity index is 3.00. The zero-order chi connectivity index (χ0) is 12.8. The van der Waals surface area contributed by atoms with E-state index in [0.717, 1.165) is 11.4 Å². The van der Waals surface area contributed by atoms with E-state index in [1.165, 1.54) is 0 Å². The number of rotatable bonds is 6. The summed E-state index contributed by atoms with van der Waals surface area (Å²) in [5.41, 5.74) is 1.93. The molecule has 17 heavy (non-hydrogen) atoms. The van der Waals surface area contributed by atoms with Crippen LogP contribution in [0.25, 0.3) is 0 Å². The molecule has 1 aromatic heterocycles. The summed E-state index contributed by atoms with van der Waals surface area (Å²) in [4.78, 5) is 6.22. The SMILES string of the molecule is COCC(C)Nc1c(N(C)C)ccnc1OC. The van der Waals surface area contributed by atoms with Gasteiger partial charge in [-0.1, -0.05) is 0 Å². The molecule has 0 aliphatic rings. The normalized spacial score (nSPS) is 12.1. The lowest BCUT2D eigenvalue weighted by molar-refractivity contribution is 0.190. The molecule has 0 bridgehead atoms. The number of aromatic nitrogens is 1. The van der Waals surface area contributed by atoms with E-state index in [0.29, 0.717) is 12.5 Å². The van der Waals surface area contributed by atoms with Crippen LogP contribution >= 0.6 is 0 Å². The Morgan fingerprint density at radius 1 is 1.41 bits per heavy atom. The summed E-state index contributed by atoms with van der Waals surface area (Å²) in [5, 5.41) is 3.36. The van der Waals surface area contributed by atoms with Crippen molar-refractivity contribution in [2.24, 2.45) is 0 Å². The van der Waals surface area contributed by atoms with E-state index in [1.54, 1.807) is 20.4 Å². The van der Waals surface area contributed by atoms with E-state index in [1.807, 2.05) is 25.1 Å². The van der Waals surface area contributed by atoms with E-state index in [9.17, 15) is 0 Å². The van der Waals surface area contributed by atoms with Gasteiger partial charge in [0, 0.05) is 33.4 Å². The highest BCUT2D eigenvalue weighted by atomic mass is 16.5. The Hall–Kier alpha value is -1.49. The van der Waals surface area contributed by atoms with Crippen LogP contribution in [0.5, 0.6) is 5.88 Å². The molecule has 0 spiro atoms. The average Bonchev–Trinajstić information content (AvgIpc) is 2.29. The molecular weight excluding hydrogens is 218 g/mol. The molecule has 0 aromatic carbocycles. The Kier molecular flexibility index (Phi) is 5.03. The first kappa shape index (κ1) is 13.6. The van der Waals surface area contributed by atoms with Crippen molar-refractivity contribution in [3.63, 3.8) is 0 Å². The summed E-state index contributed by atoms with van der Waals surface area (Å²) in [6, 6.07) is 2.14. The van der Waals surface area contributed by atoms with Crippen LogP contribution in [0.15, 0.2) is 12.3 Å². The molecule has 0 saturated heterocycles. The highest BCUT2D eigenvalue weighted by Crippen LogP contribution is 2.32. The molecule has 1 N–H and O–H groups in total. The zero-order valence-electron chi connectivity index (χ0n) is 11.2. The molecular formula is C12H21N3O2. The maximum absolute atomic E-state index is 5.27. The molecule has 1 heterocycles. The van der Waals surface area contributed by atoms with Crippen LogP contribution in [0, 0.1) is 0 Å². The van der Waals surface area contributed by atoms with Gasteiger partial charge in [0.1, 0.15) is 5.69 Å². The third kappa shape index (κ3) is 3.49. The van der Waals surface area contributed by atoms with Gasteiger partial charge in [-0.15, -0.1) is 0 Å². The van der Waals surface area contributed by atoms with Crippen LogP contribution in [-0.4, -0.2) is 45.9 Å². The predicted octanol–water partition coefficient (Wildman–Crippen LogP) is 1.60. The molecule has 5 heteroatoms. The van der Waals surface area contributed by atoms with Gasteiger partial charge >= 0.3 is 0 Å². The van der Waals surface area contributed by atoms with Crippen molar-refractivity contribution < 1.29 is 9.47 Å². The molecule has 0 fully saturated rings. The highest BCUT2D eigenvalue weighted by Gasteiger charge is 2.14. The summed E-state index contributed by atoms with van der Waals surface area (Å²) in [6.45, 7) is 2.68. The van der Waals surface area contributed by atoms with Crippen molar-refractivity contribution >= 4 is 11.4 Å². The number of ether oxygens (including phenoxy) is 2. The largest absolute Gasteiger partial charge is 0.479 e. The quantitative estimate of drug-likeness (QED) is 0.817. The predicted molar refractivity (Wildman–Crippen MR) is 70.1 cm³/mol. The first-order valence-corrected chi connectivity index (χ1v) is 5.56. The van der Waals surface area contributed by atoms with Gasteiger partial charge in [0.05, 0.1) is 19.4 Å². The molecule has 0 saturated carbocycles. The number of hydrogen-bond acceptors (Lipinski definition) is 5. The minimum Gasteiger partial charge on any atom is -0.479 e. The molecule has 0 radical (unpaired) electrons. The van der Waals surface area contributed by atoms with Crippen molar-refractivity contribution in [2.45, 2.75) is 13.0 Å². The summed E-state index contributed by atoms with van der Waals surface area (Å²) in [6.07, 6.45) is 1.74. The summed E-state index contributed by atoms with van der Waals surface area (Å²) >= 11 is 0. The van der Waals surface area contributed by atoms with Crippen LogP contribution in [-0.2, 0) is 4.74 Å². The van der Waals surface area contributed by atoms with Gasteiger partial charge in [-0.25, -0.2) is 4.98 Å². The summed E-state index contributed by atoms with van der Waals surface area (Å²) < 4.78 is 10.4. The topological polar surface area (TPSA) is 46.6 Å². The molecule has 1 aromatic rings. The van der Waals surface area contributed by atoms with Crippen LogP contribution < -0.4 is 15.0 Å². The molecule has 96 valence electrons. The maximum atomic E-state index is 5.27. The van der Waals surface area contributed by atoms with Gasteiger partial charge in [-0.05, 0) is 13.0 Å². The molecule has 0 aliphatic carbocycles. The minimum atomic E-state index is 0.191. The second kappa shape index (κ2) is 6.30. The Labute approximate surface area is 103 Å². The van der Waals surface area contributed by atoms with Crippen molar-refractivity contribution in [1.82, 2.24) is 4.98 Å². The number of anilines is 2. The molecule has 0 amide bonds. The van der Waals surface area contributed by atoms with Gasteiger partial charge < -0.3 is 19.7 Å². The van der Waals surface area contributed by atoms with Crippen molar-refractivity contribution in [3.8, 4) is 5.88 Å². The molecule has 1 atom stereocenters. The van der Waals surface area contributed by atoms with Gasteiger partial charge in [-0.2, -0.15) is 0 Å². The van der Waals surface area contributed by atoms with E-state index in [4.69, 9.17) is 9.47 Å². The minimum absolute atomic E-state index is 0.191. The Morgan fingerprint density at radius 2 is 2.12 bits per heavy atom. The molecule has 0 aliphatic heterocycles. The Morgan fingerprint density at radius 3 is 2.65 bits per heavy atom. The van der Waals surface area contributed by atoms with Gasteiger partial charge in [-0.3, -0.25) is 0 Å². The summed E-state index contributed by atoms with van der Waals surface area (Å²) in [5.74, 6) is 0.596. The smallest absolute Gasteiger partial charge is 0.239 e. The standard InChI is InChI=1S/C12H21N3O2/c1-9(8-16-4)14-11-10(15(2)3)6-7-13-12(11)17-5/h6-7,9,14H,8H2,1-5H3. The third-order valence-electron chi connectivity index (χ3n) is 2.38. The molecule has 1 rings (SSSR count). The molecule has 1 unspecified atom stereocenters. The lowest BCUT2D eigenvalue weighted by Crippen LogP contribution is -2.23. The highest BCUT2D eigenvalue weighted by molar-refractivity contribution is 5.74. The van der Waals surface area contributed by atoms with Crippen LogP contribution in [0.4, 0.5) is 11.4 Å². The third-order valence-corrected chi connectivity index (χ3v) is 2.38. The second-order valence-corrected chi connectivity index (χ2v) is 4.11. The Bertz CT molecular complexity index is 356. The number of nitrogens with zero attached hydrogens (tertiary/aromatic N) is 2. The van der Waals surface area contributed by atoms with Crippen LogP contribution in [0.1, 0.15) is 6.92 Å². The zero-order valence-corrected chi connectivity index (χ0v) is 11.2.